The fourth-order valence-corrected chi connectivity index (χ4v) is 2.58. The predicted molar refractivity (Wildman–Crippen MR) is 97.2 cm³/mol. The van der Waals surface area contributed by atoms with Gasteiger partial charge in [-0.05, 0) is 23.8 Å². The van der Waals surface area contributed by atoms with Crippen molar-refractivity contribution >= 4 is 17.8 Å². The lowest BCUT2D eigenvalue weighted by Gasteiger charge is -2.02. The average molecular weight is 321 g/mol. The van der Waals surface area contributed by atoms with Gasteiger partial charge in [0, 0.05) is 25.7 Å². The van der Waals surface area contributed by atoms with Crippen molar-refractivity contribution < 1.29 is 4.40 Å². The van der Waals surface area contributed by atoms with Gasteiger partial charge in [-0.2, -0.15) is 5.10 Å². The van der Waals surface area contributed by atoms with Crippen molar-refractivity contribution in [2.45, 2.75) is 0 Å². The Balaban J connectivity index is 1.81. The van der Waals surface area contributed by atoms with Gasteiger partial charge >= 0.3 is 0 Å². The lowest BCUT2D eigenvalue weighted by molar-refractivity contribution is -0.510. The molecule has 2 N–H and O–H groups in total. The van der Waals surface area contributed by atoms with Gasteiger partial charge in [0.05, 0.1) is 19.5 Å². The summed E-state index contributed by atoms with van der Waals surface area (Å²) in [5, 5.41) is 7.07. The Morgan fingerprint density at radius 3 is 2.62 bits per heavy atom. The summed E-state index contributed by atoms with van der Waals surface area (Å²) < 4.78 is 4.31. The highest BCUT2D eigenvalue weighted by atomic mass is 15.4. The van der Waals surface area contributed by atoms with Crippen LogP contribution in [0.5, 0.6) is 0 Å². The van der Waals surface area contributed by atoms with E-state index in [4.69, 9.17) is 0 Å². The zero-order valence-corrected chi connectivity index (χ0v) is 14.1. The van der Waals surface area contributed by atoms with E-state index in [1.807, 2.05) is 24.3 Å². The summed E-state index contributed by atoms with van der Waals surface area (Å²) in [6, 6.07) is 14.5. The van der Waals surface area contributed by atoms with E-state index in [-0.39, 0.29) is 0 Å². The quantitative estimate of drug-likeness (QED) is 0.333. The first-order valence-corrected chi connectivity index (χ1v) is 7.72. The number of benzene rings is 1. The number of aromatic nitrogens is 2. The van der Waals surface area contributed by atoms with Gasteiger partial charge in [0.2, 0.25) is 5.96 Å². The third-order valence-electron chi connectivity index (χ3n) is 3.88. The van der Waals surface area contributed by atoms with Crippen LogP contribution in [0.1, 0.15) is 5.56 Å². The molecule has 122 valence electrons. The van der Waals surface area contributed by atoms with Crippen molar-refractivity contribution in [2.24, 2.45) is 17.1 Å². The van der Waals surface area contributed by atoms with Crippen molar-refractivity contribution in [3.63, 3.8) is 0 Å². The molecule has 24 heavy (non-hydrogen) atoms. The number of nitrogens with one attached hydrogen (secondary N) is 2. The van der Waals surface area contributed by atoms with Crippen molar-refractivity contribution in [1.29, 1.82) is 0 Å². The zero-order valence-electron chi connectivity index (χ0n) is 14.1. The molecule has 0 bridgehead atoms. The molecule has 6 nitrogen and oxygen atoms in total. The highest BCUT2D eigenvalue weighted by Gasteiger charge is 2.14. The molecule has 0 amide bonds. The number of aliphatic imine (C=N–C) groups is 1. The van der Waals surface area contributed by atoms with E-state index in [1.54, 1.807) is 20.3 Å². The van der Waals surface area contributed by atoms with Crippen molar-refractivity contribution in [3.8, 4) is 11.3 Å². The van der Waals surface area contributed by atoms with Gasteiger partial charge in [-0.25, -0.2) is 14.4 Å². The number of fused-ring (bicyclic) bond motifs is 1. The standard InChI is InChI=1S/C18H21N6/c1-19-18(20-2)22-21-12-14-7-9-15(10-8-14)16-13-24-11-5-4-6-17(24)23(16)3/h4-13H,1-3H3,(H2,19,20,22)/q+1/b21-12+. The van der Waals surface area contributed by atoms with Gasteiger partial charge in [0.1, 0.15) is 6.20 Å². The second-order valence-corrected chi connectivity index (χ2v) is 5.35. The highest BCUT2D eigenvalue weighted by molar-refractivity contribution is 5.84. The Kier molecular flexibility index (Phi) is 4.56. The molecule has 0 radical (unpaired) electrons. The number of hydrogen-bond acceptors (Lipinski definition) is 2. The summed E-state index contributed by atoms with van der Waals surface area (Å²) in [5.41, 5.74) is 7.34. The second-order valence-electron chi connectivity index (χ2n) is 5.35. The molecule has 3 aromatic rings. The molecular formula is C18H21N6+. The van der Waals surface area contributed by atoms with Crippen LogP contribution in [0, 0.1) is 0 Å². The average Bonchev–Trinajstić information content (AvgIpc) is 2.96. The molecule has 2 heterocycles. The van der Waals surface area contributed by atoms with Crippen LogP contribution in [0.15, 0.2) is 65.0 Å². The number of hydrazone groups is 1. The minimum Gasteiger partial charge on any atom is -0.358 e. The topological polar surface area (TPSA) is 57.8 Å². The normalized spacial score (nSPS) is 12.0. The smallest absolute Gasteiger partial charge is 0.286 e. The summed E-state index contributed by atoms with van der Waals surface area (Å²) in [6.45, 7) is 0. The van der Waals surface area contributed by atoms with E-state index in [2.05, 4.69) is 67.4 Å². The van der Waals surface area contributed by atoms with Gasteiger partial charge in [-0.15, -0.1) is 0 Å². The van der Waals surface area contributed by atoms with Crippen LogP contribution in [-0.4, -0.2) is 30.8 Å². The third kappa shape index (κ3) is 3.12. The van der Waals surface area contributed by atoms with E-state index in [9.17, 15) is 0 Å². The second kappa shape index (κ2) is 6.95. The molecule has 1 aromatic carbocycles. The van der Waals surface area contributed by atoms with Crippen LogP contribution >= 0.6 is 0 Å². The minimum absolute atomic E-state index is 0.621. The van der Waals surface area contributed by atoms with E-state index in [0.29, 0.717) is 5.96 Å². The lowest BCUT2D eigenvalue weighted by Crippen LogP contribution is -2.30. The van der Waals surface area contributed by atoms with Crippen LogP contribution in [0.25, 0.3) is 16.9 Å². The van der Waals surface area contributed by atoms with Crippen LogP contribution in [0.3, 0.4) is 0 Å². The van der Waals surface area contributed by atoms with E-state index >= 15 is 0 Å². The van der Waals surface area contributed by atoms with E-state index < -0.39 is 0 Å². The Bertz CT molecular complexity index is 890. The van der Waals surface area contributed by atoms with E-state index in [1.165, 1.54) is 5.69 Å². The molecule has 0 saturated carbocycles. The minimum atomic E-state index is 0.621. The Morgan fingerprint density at radius 1 is 1.17 bits per heavy atom. The maximum absolute atomic E-state index is 4.16. The molecule has 0 unspecified atom stereocenters. The zero-order chi connectivity index (χ0) is 16.9. The molecule has 0 aliphatic rings. The fourth-order valence-electron chi connectivity index (χ4n) is 2.58. The molecule has 0 fully saturated rings. The molecule has 0 aliphatic heterocycles. The van der Waals surface area contributed by atoms with Crippen LogP contribution < -0.4 is 15.1 Å². The van der Waals surface area contributed by atoms with Crippen molar-refractivity contribution in [3.05, 3.63) is 60.4 Å². The Morgan fingerprint density at radius 2 is 1.96 bits per heavy atom. The summed E-state index contributed by atoms with van der Waals surface area (Å²) >= 11 is 0. The molecule has 0 atom stereocenters. The predicted octanol–water partition coefficient (Wildman–Crippen LogP) is 1.56. The van der Waals surface area contributed by atoms with Crippen molar-refractivity contribution in [1.82, 2.24) is 15.3 Å². The molecule has 6 heteroatoms. The maximum Gasteiger partial charge on any atom is 0.286 e. The van der Waals surface area contributed by atoms with Crippen LogP contribution in [-0.2, 0) is 7.05 Å². The number of aryl methyl sites for hydroxylation is 1. The van der Waals surface area contributed by atoms with Gasteiger partial charge in [0.15, 0.2) is 5.69 Å². The molecular weight excluding hydrogens is 300 g/mol. The molecule has 2 aromatic heterocycles. The molecule has 3 rings (SSSR count). The third-order valence-corrected chi connectivity index (χ3v) is 3.88. The number of rotatable bonds is 3. The lowest BCUT2D eigenvalue weighted by atomic mass is 10.1. The van der Waals surface area contributed by atoms with Crippen molar-refractivity contribution in [2.75, 3.05) is 14.1 Å². The van der Waals surface area contributed by atoms with Crippen LogP contribution in [0.2, 0.25) is 0 Å². The summed E-state index contributed by atoms with van der Waals surface area (Å²) in [7, 11) is 5.57. The number of guanidine groups is 1. The summed E-state index contributed by atoms with van der Waals surface area (Å²) in [4.78, 5) is 4.00. The number of nitrogens with zero attached hydrogens (tertiary/aromatic N) is 4. The van der Waals surface area contributed by atoms with Gasteiger partial charge in [0.25, 0.3) is 5.65 Å². The van der Waals surface area contributed by atoms with Crippen LogP contribution in [0.4, 0.5) is 0 Å². The highest BCUT2D eigenvalue weighted by Crippen LogP contribution is 2.19. The molecule has 0 aliphatic carbocycles. The first-order chi connectivity index (χ1) is 11.7. The van der Waals surface area contributed by atoms with Gasteiger partial charge in [-0.1, -0.05) is 18.2 Å². The van der Waals surface area contributed by atoms with Gasteiger partial charge in [-0.3, -0.25) is 4.99 Å². The summed E-state index contributed by atoms with van der Waals surface area (Å²) in [6.07, 6.45) is 5.96. The fraction of sp³-hybridized carbons (Fsp3) is 0.167. The summed E-state index contributed by atoms with van der Waals surface area (Å²) in [5.74, 6) is 0.621. The number of imidazole rings is 1. The van der Waals surface area contributed by atoms with E-state index in [0.717, 1.165) is 16.8 Å². The largest absolute Gasteiger partial charge is 0.358 e. The first-order valence-electron chi connectivity index (χ1n) is 7.72. The number of pyridine rings is 1. The Hall–Kier alpha value is -3.15. The first kappa shape index (κ1) is 15.7. The maximum atomic E-state index is 4.16. The van der Waals surface area contributed by atoms with Gasteiger partial charge < -0.3 is 5.32 Å². The SMILES string of the molecule is CN=C(NC)N/N=C/c1ccc(-c2c[n+]3ccccc3n2C)cc1. The number of hydrogen-bond donors (Lipinski definition) is 2. The molecule has 0 saturated heterocycles. The molecule has 0 spiro atoms. The monoisotopic (exact) mass is 321 g/mol. The Labute approximate surface area is 141 Å².